The highest BCUT2D eigenvalue weighted by Crippen LogP contribution is 2.38. The van der Waals surface area contributed by atoms with E-state index in [1.165, 1.54) is 13.0 Å². The first-order chi connectivity index (χ1) is 13.2. The van der Waals surface area contributed by atoms with Crippen LogP contribution in [0.4, 0.5) is 0 Å². The van der Waals surface area contributed by atoms with Gasteiger partial charge in [0.25, 0.3) is 0 Å². The molecule has 1 aromatic carbocycles. The van der Waals surface area contributed by atoms with E-state index in [4.69, 9.17) is 4.74 Å². The lowest BCUT2D eigenvalue weighted by molar-refractivity contribution is -0.949. The smallest absolute Gasteiger partial charge is 0.309 e. The summed E-state index contributed by atoms with van der Waals surface area (Å²) in [5.41, 5.74) is 2.09. The Balaban J connectivity index is 1.53. The number of esters is 1. The van der Waals surface area contributed by atoms with Crippen LogP contribution in [0.15, 0.2) is 49.2 Å². The Bertz CT molecular complexity index is 870. The van der Waals surface area contributed by atoms with Gasteiger partial charge >= 0.3 is 5.97 Å². The molecule has 0 radical (unpaired) electrons. The van der Waals surface area contributed by atoms with Gasteiger partial charge in [0, 0.05) is 35.9 Å². The Morgan fingerprint density at radius 1 is 1.26 bits per heavy atom. The van der Waals surface area contributed by atoms with Gasteiger partial charge in [0.1, 0.15) is 6.04 Å². The summed E-state index contributed by atoms with van der Waals surface area (Å²) in [4.78, 5) is 18.7. The van der Waals surface area contributed by atoms with Crippen molar-refractivity contribution in [2.24, 2.45) is 17.8 Å². The van der Waals surface area contributed by atoms with Crippen molar-refractivity contribution in [3.8, 4) is 0 Å². The van der Waals surface area contributed by atoms with Gasteiger partial charge in [0.2, 0.25) is 0 Å². The van der Waals surface area contributed by atoms with Crippen LogP contribution in [0.3, 0.4) is 0 Å². The van der Waals surface area contributed by atoms with Gasteiger partial charge in [-0.2, -0.15) is 0 Å². The van der Waals surface area contributed by atoms with E-state index in [-0.39, 0.29) is 18.0 Å². The second-order valence-corrected chi connectivity index (χ2v) is 8.45. The molecule has 2 aromatic rings. The molecule has 1 saturated carbocycles. The van der Waals surface area contributed by atoms with Gasteiger partial charge in [-0.05, 0) is 30.9 Å². The highest BCUT2D eigenvalue weighted by atomic mass is 16.5. The number of nitrogens with one attached hydrogen (secondary N) is 1. The normalized spacial score (nSPS) is 30.8. The van der Waals surface area contributed by atoms with E-state index in [1.807, 2.05) is 24.4 Å². The van der Waals surface area contributed by atoms with Crippen LogP contribution in [0.5, 0.6) is 0 Å². The van der Waals surface area contributed by atoms with E-state index >= 15 is 0 Å². The summed E-state index contributed by atoms with van der Waals surface area (Å²) in [5.74, 6) is 1.37. The first-order valence-electron chi connectivity index (χ1n) is 10.3. The minimum Gasteiger partial charge on any atom is -0.451 e. The number of benzene rings is 1. The maximum absolute atomic E-state index is 12.6. The Morgan fingerprint density at radius 2 is 2.11 bits per heavy atom. The number of hydrogen-bond donors (Lipinski definition) is 1. The van der Waals surface area contributed by atoms with Crippen molar-refractivity contribution in [1.29, 1.82) is 0 Å². The molecule has 3 aliphatic heterocycles. The lowest BCUT2D eigenvalue weighted by Crippen LogP contribution is -3.20. The van der Waals surface area contributed by atoms with Crippen LogP contribution in [0.2, 0.25) is 0 Å². The molecule has 140 valence electrons. The molecule has 3 saturated heterocycles. The summed E-state index contributed by atoms with van der Waals surface area (Å²) in [6, 6.07) is 10.6. The number of carbonyl (C=O) groups excluding carboxylic acids is 1. The average Bonchev–Trinajstić information content (AvgIpc) is 3.57. The molecule has 1 aliphatic carbocycles. The maximum atomic E-state index is 12.6. The first kappa shape index (κ1) is 16.9. The van der Waals surface area contributed by atoms with Crippen molar-refractivity contribution in [3.05, 3.63) is 54.7 Å². The number of carbonyl (C=O) groups is 1. The zero-order chi connectivity index (χ0) is 18.4. The van der Waals surface area contributed by atoms with Crippen LogP contribution >= 0.6 is 0 Å². The molecule has 27 heavy (non-hydrogen) atoms. The average molecular weight is 363 g/mol. The van der Waals surface area contributed by atoms with E-state index in [0.717, 1.165) is 42.3 Å². The standard InChI is InChI=1S/C23H26N2O2/c1-2-15-14-25-12-10-17(15)13-21(25)22(27-23(26)16-7-8-16)19-9-11-24-20-6-4-3-5-18(19)20/h2-6,9,11,15-17,21-22H,1,7-8,10,12-14H2/p+1/t15-,17-,21+,22-/m1/s1. The van der Waals surface area contributed by atoms with Crippen molar-refractivity contribution >= 4 is 16.9 Å². The van der Waals surface area contributed by atoms with E-state index in [0.29, 0.717) is 17.9 Å². The minimum absolute atomic E-state index is 0.0109. The Labute approximate surface area is 160 Å². The summed E-state index contributed by atoms with van der Waals surface area (Å²) < 4.78 is 6.22. The molecule has 2 bridgehead atoms. The number of rotatable bonds is 5. The van der Waals surface area contributed by atoms with Crippen molar-refractivity contribution in [1.82, 2.24) is 4.98 Å². The van der Waals surface area contributed by atoms with Gasteiger partial charge in [-0.15, -0.1) is 6.58 Å². The first-order valence-corrected chi connectivity index (χ1v) is 10.3. The van der Waals surface area contributed by atoms with Crippen molar-refractivity contribution in [2.75, 3.05) is 13.1 Å². The number of piperidine rings is 3. The number of fused-ring (bicyclic) bond motifs is 4. The second kappa shape index (κ2) is 6.75. The summed E-state index contributed by atoms with van der Waals surface area (Å²) in [5, 5.41) is 1.11. The second-order valence-electron chi connectivity index (χ2n) is 8.45. The fourth-order valence-corrected chi connectivity index (χ4v) is 5.16. The number of hydrogen-bond acceptors (Lipinski definition) is 3. The molecule has 4 nitrogen and oxygen atoms in total. The molecule has 0 spiro atoms. The number of pyridine rings is 1. The minimum atomic E-state index is -0.186. The van der Waals surface area contributed by atoms with Gasteiger partial charge in [-0.1, -0.05) is 24.3 Å². The van der Waals surface area contributed by atoms with Crippen LogP contribution < -0.4 is 4.90 Å². The predicted molar refractivity (Wildman–Crippen MR) is 104 cm³/mol. The molecular weight excluding hydrogens is 336 g/mol. The number of ether oxygens (including phenoxy) is 1. The summed E-state index contributed by atoms with van der Waals surface area (Å²) >= 11 is 0. The lowest BCUT2D eigenvalue weighted by atomic mass is 9.73. The van der Waals surface area contributed by atoms with Crippen LogP contribution in [-0.2, 0) is 9.53 Å². The van der Waals surface area contributed by atoms with E-state index in [2.05, 4.69) is 29.8 Å². The van der Waals surface area contributed by atoms with Crippen molar-refractivity contribution in [3.63, 3.8) is 0 Å². The molecular formula is C23H27N2O2+. The van der Waals surface area contributed by atoms with Crippen molar-refractivity contribution < 1.29 is 14.4 Å². The van der Waals surface area contributed by atoms with Crippen molar-refractivity contribution in [2.45, 2.75) is 37.8 Å². The fraction of sp³-hybridized carbons (Fsp3) is 0.478. The molecule has 1 unspecified atom stereocenters. The highest BCUT2D eigenvalue weighted by Gasteiger charge is 2.48. The van der Waals surface area contributed by atoms with E-state index in [1.54, 1.807) is 4.90 Å². The number of para-hydroxylation sites is 1. The SMILES string of the molecule is C=C[C@@H]1C[NH+]2CC[C@@H]1C[C@H]2[C@H](OC(=O)C1CC1)c1ccnc2ccccc12. The summed E-state index contributed by atoms with van der Waals surface area (Å²) in [6.07, 6.45) is 8.11. The molecule has 1 N–H and O–H groups in total. The van der Waals surface area contributed by atoms with Gasteiger partial charge in [0.05, 0.1) is 24.5 Å². The van der Waals surface area contributed by atoms with E-state index < -0.39 is 0 Å². The molecule has 4 heterocycles. The third-order valence-corrected chi connectivity index (χ3v) is 6.83. The number of aromatic nitrogens is 1. The molecule has 5 atom stereocenters. The monoisotopic (exact) mass is 363 g/mol. The van der Waals surface area contributed by atoms with Crippen LogP contribution in [0.1, 0.15) is 37.4 Å². The fourth-order valence-electron chi connectivity index (χ4n) is 5.16. The predicted octanol–water partition coefficient (Wildman–Crippen LogP) is 2.71. The summed E-state index contributed by atoms with van der Waals surface area (Å²) in [6.45, 7) is 6.32. The third-order valence-electron chi connectivity index (χ3n) is 6.83. The number of nitrogens with zero attached hydrogens (tertiary/aromatic N) is 1. The Morgan fingerprint density at radius 3 is 2.85 bits per heavy atom. The Hall–Kier alpha value is -2.20. The largest absolute Gasteiger partial charge is 0.451 e. The maximum Gasteiger partial charge on any atom is 0.309 e. The third kappa shape index (κ3) is 3.06. The molecule has 4 aliphatic rings. The Kier molecular flexibility index (Phi) is 4.24. The topological polar surface area (TPSA) is 43.6 Å². The van der Waals surface area contributed by atoms with Gasteiger partial charge in [0.15, 0.2) is 6.10 Å². The molecule has 4 fully saturated rings. The quantitative estimate of drug-likeness (QED) is 0.656. The molecule has 6 rings (SSSR count). The molecule has 1 aromatic heterocycles. The zero-order valence-electron chi connectivity index (χ0n) is 15.6. The van der Waals surface area contributed by atoms with Crippen LogP contribution in [-0.4, -0.2) is 30.1 Å². The van der Waals surface area contributed by atoms with Crippen LogP contribution in [0, 0.1) is 17.8 Å². The summed E-state index contributed by atoms with van der Waals surface area (Å²) in [7, 11) is 0. The number of quaternary nitrogens is 1. The van der Waals surface area contributed by atoms with Gasteiger partial charge in [-0.3, -0.25) is 9.78 Å². The lowest BCUT2D eigenvalue weighted by Gasteiger charge is -2.48. The molecule has 0 amide bonds. The highest BCUT2D eigenvalue weighted by molar-refractivity contribution is 5.83. The van der Waals surface area contributed by atoms with Gasteiger partial charge < -0.3 is 9.64 Å². The zero-order valence-corrected chi connectivity index (χ0v) is 15.6. The van der Waals surface area contributed by atoms with E-state index in [9.17, 15) is 4.79 Å². The van der Waals surface area contributed by atoms with Crippen LogP contribution in [0.25, 0.3) is 10.9 Å². The van der Waals surface area contributed by atoms with Gasteiger partial charge in [-0.25, -0.2) is 0 Å². The molecule has 4 heteroatoms.